The average Bonchev–Trinajstić information content (AvgIpc) is 3.13. The van der Waals surface area contributed by atoms with Crippen LogP contribution in [-0.2, 0) is 11.3 Å². The molecule has 6 nitrogen and oxygen atoms in total. The van der Waals surface area contributed by atoms with Crippen LogP contribution in [0.4, 0.5) is 4.39 Å². The van der Waals surface area contributed by atoms with E-state index in [0.717, 1.165) is 11.1 Å². The van der Waals surface area contributed by atoms with Gasteiger partial charge in [0, 0.05) is 24.2 Å². The van der Waals surface area contributed by atoms with Gasteiger partial charge < -0.3 is 19.7 Å². The van der Waals surface area contributed by atoms with Crippen molar-refractivity contribution < 1.29 is 23.5 Å². The zero-order chi connectivity index (χ0) is 24.2. The fourth-order valence-electron chi connectivity index (χ4n) is 4.29. The van der Waals surface area contributed by atoms with Gasteiger partial charge in [-0.05, 0) is 41.3 Å². The van der Waals surface area contributed by atoms with Crippen LogP contribution in [-0.4, -0.2) is 37.5 Å². The van der Waals surface area contributed by atoms with Crippen molar-refractivity contribution in [1.29, 1.82) is 0 Å². The zero-order valence-electron chi connectivity index (χ0n) is 19.4. The number of carbonyl (C=O) groups excluding carboxylic acids is 2. The maximum Gasteiger partial charge on any atom is 0.255 e. The van der Waals surface area contributed by atoms with Crippen molar-refractivity contribution in [2.24, 2.45) is 0 Å². The predicted molar refractivity (Wildman–Crippen MR) is 126 cm³/mol. The van der Waals surface area contributed by atoms with Gasteiger partial charge >= 0.3 is 0 Å². The van der Waals surface area contributed by atoms with Crippen LogP contribution in [0.15, 0.2) is 66.7 Å². The molecule has 0 spiro atoms. The summed E-state index contributed by atoms with van der Waals surface area (Å²) in [4.78, 5) is 28.5. The molecule has 0 saturated heterocycles. The summed E-state index contributed by atoms with van der Waals surface area (Å²) in [7, 11) is 3.02. The lowest BCUT2D eigenvalue weighted by molar-refractivity contribution is -0.125. The number of carbonyl (C=O) groups is 2. The highest BCUT2D eigenvalue weighted by Gasteiger charge is 2.42. The smallest absolute Gasteiger partial charge is 0.255 e. The fourth-order valence-corrected chi connectivity index (χ4v) is 4.29. The van der Waals surface area contributed by atoms with Crippen molar-refractivity contribution in [3.8, 4) is 11.5 Å². The maximum absolute atomic E-state index is 13.5. The predicted octanol–water partition coefficient (Wildman–Crippen LogP) is 4.46. The zero-order valence-corrected chi connectivity index (χ0v) is 19.4. The number of fused-ring (bicyclic) bond motifs is 1. The van der Waals surface area contributed by atoms with Gasteiger partial charge in [0.1, 0.15) is 11.9 Å². The van der Waals surface area contributed by atoms with Crippen molar-refractivity contribution >= 4 is 11.8 Å². The molecule has 0 saturated carbocycles. The molecule has 0 bridgehead atoms. The van der Waals surface area contributed by atoms with Crippen molar-refractivity contribution in [1.82, 2.24) is 10.2 Å². The van der Waals surface area contributed by atoms with E-state index in [4.69, 9.17) is 9.47 Å². The Morgan fingerprint density at radius 2 is 1.68 bits per heavy atom. The molecule has 0 fully saturated rings. The first-order chi connectivity index (χ1) is 16.4. The molecule has 0 radical (unpaired) electrons. The molecule has 4 rings (SSSR count). The first-order valence-corrected chi connectivity index (χ1v) is 11.1. The van der Waals surface area contributed by atoms with Gasteiger partial charge in [0.25, 0.3) is 5.91 Å². The van der Waals surface area contributed by atoms with Gasteiger partial charge in [0.15, 0.2) is 11.5 Å². The van der Waals surface area contributed by atoms with Gasteiger partial charge in [-0.2, -0.15) is 0 Å². The minimum absolute atomic E-state index is 0.118. The third-order valence-corrected chi connectivity index (χ3v) is 6.12. The SMILES string of the molecule is COc1cc2c(cc1OC)C(C(=O)NCc1ccccc1)N(CC(C)c1ccc(F)cc1)C2=O. The van der Waals surface area contributed by atoms with Crippen LogP contribution in [0, 0.1) is 5.82 Å². The van der Waals surface area contributed by atoms with E-state index in [1.54, 1.807) is 29.2 Å². The summed E-state index contributed by atoms with van der Waals surface area (Å²) in [6, 6.07) is 18.3. The number of amides is 2. The summed E-state index contributed by atoms with van der Waals surface area (Å²) in [5, 5.41) is 2.96. The lowest BCUT2D eigenvalue weighted by Crippen LogP contribution is -2.40. The van der Waals surface area contributed by atoms with E-state index < -0.39 is 6.04 Å². The highest BCUT2D eigenvalue weighted by molar-refractivity contribution is 6.05. The fraction of sp³-hybridized carbons (Fsp3) is 0.259. The van der Waals surface area contributed by atoms with E-state index in [2.05, 4.69) is 5.32 Å². The Balaban J connectivity index is 1.66. The molecule has 2 atom stereocenters. The molecule has 0 aromatic heterocycles. The summed E-state index contributed by atoms with van der Waals surface area (Å²) in [6.07, 6.45) is 0. The summed E-state index contributed by atoms with van der Waals surface area (Å²) >= 11 is 0. The second-order valence-electron chi connectivity index (χ2n) is 8.31. The Labute approximate surface area is 198 Å². The highest BCUT2D eigenvalue weighted by atomic mass is 19.1. The second-order valence-corrected chi connectivity index (χ2v) is 8.31. The molecule has 1 heterocycles. The van der Waals surface area contributed by atoms with Gasteiger partial charge in [-0.15, -0.1) is 0 Å². The van der Waals surface area contributed by atoms with Crippen LogP contribution in [0.25, 0.3) is 0 Å². The largest absolute Gasteiger partial charge is 0.493 e. The van der Waals surface area contributed by atoms with E-state index in [-0.39, 0.29) is 30.1 Å². The summed E-state index contributed by atoms with van der Waals surface area (Å²) in [6.45, 7) is 2.57. The van der Waals surface area contributed by atoms with Crippen LogP contribution in [0.5, 0.6) is 11.5 Å². The number of nitrogens with one attached hydrogen (secondary N) is 1. The number of hydrogen-bond donors (Lipinski definition) is 1. The minimum Gasteiger partial charge on any atom is -0.493 e. The average molecular weight is 463 g/mol. The van der Waals surface area contributed by atoms with Crippen molar-refractivity contribution in [3.05, 3.63) is 94.8 Å². The van der Waals surface area contributed by atoms with E-state index >= 15 is 0 Å². The number of halogens is 1. The first-order valence-electron chi connectivity index (χ1n) is 11.1. The monoisotopic (exact) mass is 462 g/mol. The van der Waals surface area contributed by atoms with Crippen LogP contribution < -0.4 is 14.8 Å². The summed E-state index contributed by atoms with van der Waals surface area (Å²) in [5.41, 5.74) is 2.81. The Kier molecular flexibility index (Phi) is 6.82. The lowest BCUT2D eigenvalue weighted by Gasteiger charge is -2.27. The first kappa shape index (κ1) is 23.3. The van der Waals surface area contributed by atoms with Crippen LogP contribution in [0.3, 0.4) is 0 Å². The number of benzene rings is 3. The van der Waals surface area contributed by atoms with E-state index in [1.807, 2.05) is 37.3 Å². The third kappa shape index (κ3) is 4.59. The van der Waals surface area contributed by atoms with E-state index in [9.17, 15) is 14.0 Å². The molecule has 3 aromatic carbocycles. The number of hydrogen-bond acceptors (Lipinski definition) is 4. The van der Waals surface area contributed by atoms with Crippen LogP contribution in [0.2, 0.25) is 0 Å². The molecule has 1 aliphatic heterocycles. The van der Waals surface area contributed by atoms with E-state index in [1.165, 1.54) is 26.4 Å². The van der Waals surface area contributed by atoms with Gasteiger partial charge in [0.05, 0.1) is 14.2 Å². The number of nitrogens with zero attached hydrogens (tertiary/aromatic N) is 1. The third-order valence-electron chi connectivity index (χ3n) is 6.12. The molecule has 3 aromatic rings. The lowest BCUT2D eigenvalue weighted by atomic mass is 9.99. The van der Waals surface area contributed by atoms with E-state index in [0.29, 0.717) is 29.2 Å². The number of methoxy groups -OCH3 is 2. The van der Waals surface area contributed by atoms with Gasteiger partial charge in [-0.3, -0.25) is 9.59 Å². The number of ether oxygens (including phenoxy) is 2. The Bertz CT molecular complexity index is 1180. The van der Waals surface area contributed by atoms with Crippen LogP contribution in [0.1, 0.15) is 45.9 Å². The second kappa shape index (κ2) is 9.95. The molecular weight excluding hydrogens is 435 g/mol. The molecule has 2 unspecified atom stereocenters. The maximum atomic E-state index is 13.5. The molecule has 176 valence electrons. The van der Waals surface area contributed by atoms with Crippen molar-refractivity contribution in [2.75, 3.05) is 20.8 Å². The normalized spacial score (nSPS) is 15.6. The minimum atomic E-state index is -0.825. The highest BCUT2D eigenvalue weighted by Crippen LogP contribution is 2.41. The standard InChI is InChI=1S/C27H27FN2O4/c1-17(19-9-11-20(28)12-10-19)16-30-25(26(31)29-15-18-7-5-4-6-8-18)21-13-23(33-2)24(34-3)14-22(21)27(30)32/h4-14,17,25H,15-16H2,1-3H3,(H,29,31). The van der Waals surface area contributed by atoms with Crippen LogP contribution >= 0.6 is 0 Å². The molecule has 1 N–H and O–H groups in total. The van der Waals surface area contributed by atoms with Gasteiger partial charge in [-0.1, -0.05) is 49.4 Å². The summed E-state index contributed by atoms with van der Waals surface area (Å²) < 4.78 is 24.2. The van der Waals surface area contributed by atoms with Crippen molar-refractivity contribution in [2.45, 2.75) is 25.4 Å². The number of rotatable bonds is 8. The quantitative estimate of drug-likeness (QED) is 0.537. The van der Waals surface area contributed by atoms with Gasteiger partial charge in [0.2, 0.25) is 5.91 Å². The molecule has 34 heavy (non-hydrogen) atoms. The molecular formula is C27H27FN2O4. The molecule has 7 heteroatoms. The van der Waals surface area contributed by atoms with Gasteiger partial charge in [-0.25, -0.2) is 4.39 Å². The molecule has 2 amide bonds. The Morgan fingerprint density at radius 3 is 2.32 bits per heavy atom. The topological polar surface area (TPSA) is 67.9 Å². The van der Waals surface area contributed by atoms with Crippen molar-refractivity contribution in [3.63, 3.8) is 0 Å². The molecule has 0 aliphatic carbocycles. The molecule has 1 aliphatic rings. The Morgan fingerprint density at radius 1 is 1.03 bits per heavy atom. The summed E-state index contributed by atoms with van der Waals surface area (Å²) in [5.74, 6) is -0.112. The Hall–Kier alpha value is -3.87.